The first-order valence-electron chi connectivity index (χ1n) is 10.6. The maximum absolute atomic E-state index is 12.2. The van der Waals surface area contributed by atoms with Gasteiger partial charge in [0.25, 0.3) is 0 Å². The Morgan fingerprint density at radius 2 is 2.17 bits per heavy atom. The Labute approximate surface area is 176 Å². The van der Waals surface area contributed by atoms with Crippen LogP contribution in [0.2, 0.25) is 0 Å². The zero-order valence-electron chi connectivity index (χ0n) is 17.7. The van der Waals surface area contributed by atoms with Crippen LogP contribution >= 0.6 is 0 Å². The molecule has 2 aromatic heterocycles. The van der Waals surface area contributed by atoms with Crippen molar-refractivity contribution in [1.82, 2.24) is 35.5 Å². The van der Waals surface area contributed by atoms with E-state index in [9.17, 15) is 4.79 Å². The first kappa shape index (κ1) is 20.3. The van der Waals surface area contributed by atoms with Gasteiger partial charge in [-0.15, -0.1) is 5.10 Å². The highest BCUT2D eigenvalue weighted by atomic mass is 16.2. The van der Waals surface area contributed by atoms with Gasteiger partial charge in [0.2, 0.25) is 5.91 Å². The van der Waals surface area contributed by atoms with Crippen molar-refractivity contribution in [2.45, 2.75) is 40.2 Å². The molecule has 8 nitrogen and oxygen atoms in total. The highest BCUT2D eigenvalue weighted by Gasteiger charge is 2.32. The summed E-state index contributed by atoms with van der Waals surface area (Å²) in [6.07, 6.45) is 5.83. The first-order chi connectivity index (χ1) is 14.5. The second-order valence-electron chi connectivity index (χ2n) is 8.63. The molecule has 1 amide bonds. The van der Waals surface area contributed by atoms with Crippen LogP contribution in [-0.2, 0) is 17.8 Å². The molecule has 0 fully saturated rings. The van der Waals surface area contributed by atoms with Gasteiger partial charge in [-0.1, -0.05) is 37.6 Å². The summed E-state index contributed by atoms with van der Waals surface area (Å²) in [5.74, 6) is 2.82. The number of amides is 1. The highest BCUT2D eigenvalue weighted by molar-refractivity contribution is 5.75. The molecule has 2 N–H and O–H groups in total. The molecule has 2 heterocycles. The third-order valence-corrected chi connectivity index (χ3v) is 6.19. The van der Waals surface area contributed by atoms with Crippen molar-refractivity contribution in [1.29, 1.82) is 0 Å². The van der Waals surface area contributed by atoms with Crippen LogP contribution in [0.5, 0.6) is 0 Å². The minimum atomic E-state index is -0.0692. The molecular formula is C22H29N7O. The van der Waals surface area contributed by atoms with E-state index in [-0.39, 0.29) is 12.5 Å². The molecule has 1 aliphatic carbocycles. The summed E-state index contributed by atoms with van der Waals surface area (Å²) in [5.41, 5.74) is 3.49. The predicted octanol–water partition coefficient (Wildman–Crippen LogP) is 2.76. The van der Waals surface area contributed by atoms with Crippen molar-refractivity contribution >= 4 is 16.9 Å². The fourth-order valence-corrected chi connectivity index (χ4v) is 4.53. The van der Waals surface area contributed by atoms with Gasteiger partial charge in [0.1, 0.15) is 18.7 Å². The number of rotatable bonds is 7. The molecule has 158 valence electrons. The largest absolute Gasteiger partial charge is 0.354 e. The second-order valence-corrected chi connectivity index (χ2v) is 8.63. The Hall–Kier alpha value is -3.03. The van der Waals surface area contributed by atoms with Crippen LogP contribution in [0.25, 0.3) is 11.0 Å². The van der Waals surface area contributed by atoms with Gasteiger partial charge in [-0.2, -0.15) is 0 Å². The zero-order valence-corrected chi connectivity index (χ0v) is 17.7. The second kappa shape index (κ2) is 8.77. The van der Waals surface area contributed by atoms with Crippen LogP contribution in [-0.4, -0.2) is 42.6 Å². The predicted molar refractivity (Wildman–Crippen MR) is 114 cm³/mol. The fraction of sp³-hybridized carbons (Fsp3) is 0.500. The molecule has 0 spiro atoms. The lowest BCUT2D eigenvalue weighted by Crippen LogP contribution is -2.38. The first-order valence-corrected chi connectivity index (χ1v) is 10.6. The number of hydrogen-bond donors (Lipinski definition) is 2. The average molecular weight is 408 g/mol. The quantitative estimate of drug-likeness (QED) is 0.587. The van der Waals surface area contributed by atoms with Crippen LogP contribution in [0.15, 0.2) is 42.2 Å². The Morgan fingerprint density at radius 3 is 2.90 bits per heavy atom. The maximum atomic E-state index is 12.2. The minimum Gasteiger partial charge on any atom is -0.354 e. The van der Waals surface area contributed by atoms with Gasteiger partial charge in [-0.05, 0) is 59.6 Å². The van der Waals surface area contributed by atoms with E-state index in [4.69, 9.17) is 4.98 Å². The van der Waals surface area contributed by atoms with Crippen LogP contribution < -0.4 is 5.32 Å². The van der Waals surface area contributed by atoms with Crippen LogP contribution in [0, 0.1) is 23.7 Å². The van der Waals surface area contributed by atoms with E-state index in [1.807, 2.05) is 18.2 Å². The van der Waals surface area contributed by atoms with Crippen LogP contribution in [0.4, 0.5) is 0 Å². The Morgan fingerprint density at radius 1 is 1.33 bits per heavy atom. The van der Waals surface area contributed by atoms with E-state index in [2.05, 4.69) is 58.7 Å². The van der Waals surface area contributed by atoms with Crippen molar-refractivity contribution in [3.05, 3.63) is 48.1 Å². The van der Waals surface area contributed by atoms with Crippen molar-refractivity contribution in [3.63, 3.8) is 0 Å². The van der Waals surface area contributed by atoms with E-state index in [1.165, 1.54) is 16.6 Å². The highest BCUT2D eigenvalue weighted by Crippen LogP contribution is 2.38. The van der Waals surface area contributed by atoms with E-state index in [0.717, 1.165) is 29.7 Å². The molecule has 0 saturated heterocycles. The van der Waals surface area contributed by atoms with Gasteiger partial charge in [-0.25, -0.2) is 9.67 Å². The number of aromatic nitrogens is 6. The molecule has 8 heteroatoms. The van der Waals surface area contributed by atoms with E-state index in [1.54, 1.807) is 0 Å². The van der Waals surface area contributed by atoms with E-state index in [0.29, 0.717) is 30.2 Å². The molecule has 3 unspecified atom stereocenters. The molecule has 1 aliphatic rings. The molecular weight excluding hydrogens is 378 g/mol. The van der Waals surface area contributed by atoms with Crippen LogP contribution in [0.3, 0.4) is 0 Å². The lowest BCUT2D eigenvalue weighted by Gasteiger charge is -2.37. The van der Waals surface area contributed by atoms with Crippen molar-refractivity contribution in [2.75, 3.05) is 6.54 Å². The molecule has 30 heavy (non-hydrogen) atoms. The van der Waals surface area contributed by atoms with Gasteiger partial charge >= 0.3 is 0 Å². The molecule has 0 saturated carbocycles. The third kappa shape index (κ3) is 4.58. The lowest BCUT2D eigenvalue weighted by molar-refractivity contribution is -0.122. The lowest BCUT2D eigenvalue weighted by atomic mass is 9.70. The Bertz CT molecular complexity index is 988. The molecule has 0 aliphatic heterocycles. The van der Waals surface area contributed by atoms with Gasteiger partial charge in [-0.3, -0.25) is 4.79 Å². The summed E-state index contributed by atoms with van der Waals surface area (Å²) in [6, 6.07) is 8.17. The summed E-state index contributed by atoms with van der Waals surface area (Å²) < 4.78 is 1.43. The van der Waals surface area contributed by atoms with Gasteiger partial charge < -0.3 is 10.3 Å². The molecule has 0 radical (unpaired) electrons. The minimum absolute atomic E-state index is 0.0692. The summed E-state index contributed by atoms with van der Waals surface area (Å²) in [7, 11) is 0. The number of aromatic amines is 1. The van der Waals surface area contributed by atoms with E-state index < -0.39 is 0 Å². The van der Waals surface area contributed by atoms with Gasteiger partial charge in [0.15, 0.2) is 0 Å². The fourth-order valence-electron chi connectivity index (χ4n) is 4.53. The number of para-hydroxylation sites is 2. The molecule has 4 rings (SSSR count). The molecule has 0 bridgehead atoms. The molecule has 3 atom stereocenters. The Kier molecular flexibility index (Phi) is 5.92. The number of H-pyrrole nitrogens is 1. The average Bonchev–Trinajstić information content (AvgIpc) is 3.36. The zero-order chi connectivity index (χ0) is 21.1. The number of benzene rings is 1. The normalized spacial score (nSPS) is 21.7. The molecule has 1 aromatic carbocycles. The summed E-state index contributed by atoms with van der Waals surface area (Å²) in [6.45, 7) is 7.53. The number of carbonyl (C=O) groups excluding carboxylic acids is 1. The number of tetrazole rings is 1. The third-order valence-electron chi connectivity index (χ3n) is 6.19. The standard InChI is InChI=1S/C22H29N7O/c1-14(2)18-9-16(10-21-25-19-6-4-5-7-20(19)26-21)15(3)8-17(18)11-23-22(30)12-29-13-24-27-28-29/h4-8,13-14,16-18H,9-12H2,1-3H3,(H,23,30)(H,25,26). The topological polar surface area (TPSA) is 101 Å². The number of hydrogen-bond acceptors (Lipinski definition) is 5. The number of imidazole rings is 1. The molecule has 3 aromatic rings. The van der Waals surface area contributed by atoms with Crippen molar-refractivity contribution in [3.8, 4) is 0 Å². The van der Waals surface area contributed by atoms with E-state index >= 15 is 0 Å². The van der Waals surface area contributed by atoms with Gasteiger partial charge in [0.05, 0.1) is 11.0 Å². The van der Waals surface area contributed by atoms with Gasteiger partial charge in [0, 0.05) is 13.0 Å². The monoisotopic (exact) mass is 407 g/mol. The SMILES string of the molecule is CC1=CC(CNC(=O)Cn2cnnn2)C(C(C)C)CC1Cc1nc2ccccc2[nH]1. The van der Waals surface area contributed by atoms with Crippen molar-refractivity contribution in [2.24, 2.45) is 23.7 Å². The summed E-state index contributed by atoms with van der Waals surface area (Å²) >= 11 is 0. The smallest absolute Gasteiger partial charge is 0.241 e. The number of nitrogens with zero attached hydrogens (tertiary/aromatic N) is 5. The number of fused-ring (bicyclic) bond motifs is 1. The Balaban J connectivity index is 1.42. The number of carbonyl (C=O) groups is 1. The maximum Gasteiger partial charge on any atom is 0.241 e. The van der Waals surface area contributed by atoms with Crippen molar-refractivity contribution < 1.29 is 4.79 Å². The number of nitrogens with one attached hydrogen (secondary N) is 2. The van der Waals surface area contributed by atoms with Crippen LogP contribution in [0.1, 0.15) is 33.0 Å². The number of allylic oxidation sites excluding steroid dienone is 1. The summed E-state index contributed by atoms with van der Waals surface area (Å²) in [5, 5.41) is 13.9. The summed E-state index contributed by atoms with van der Waals surface area (Å²) in [4.78, 5) is 20.5.